The molecule has 1 aliphatic rings. The van der Waals surface area contributed by atoms with E-state index < -0.39 is 6.04 Å². The molecule has 5 heteroatoms. The Labute approximate surface area is 137 Å². The van der Waals surface area contributed by atoms with Crippen molar-refractivity contribution in [1.29, 1.82) is 0 Å². The van der Waals surface area contributed by atoms with Crippen molar-refractivity contribution in [2.45, 2.75) is 39.0 Å². The van der Waals surface area contributed by atoms with Crippen molar-refractivity contribution in [2.24, 2.45) is 0 Å². The fraction of sp³-hybridized carbons (Fsp3) is 0.444. The number of benzene rings is 1. The van der Waals surface area contributed by atoms with Crippen LogP contribution in [-0.2, 0) is 14.3 Å². The van der Waals surface area contributed by atoms with Crippen molar-refractivity contribution < 1.29 is 14.3 Å². The number of nitrogens with one attached hydrogen (secondary N) is 1. The maximum atomic E-state index is 12.5. The third-order valence-corrected chi connectivity index (χ3v) is 3.85. The molecule has 124 valence electrons. The van der Waals surface area contributed by atoms with Crippen molar-refractivity contribution >= 4 is 17.9 Å². The number of nitrogens with zero attached hydrogens (tertiary/aromatic N) is 1. The van der Waals surface area contributed by atoms with Crippen LogP contribution in [0.3, 0.4) is 0 Å². The summed E-state index contributed by atoms with van der Waals surface area (Å²) in [5.74, 6) is -0.349. The molecule has 0 aromatic heterocycles. The van der Waals surface area contributed by atoms with Crippen LogP contribution in [-0.4, -0.2) is 48.1 Å². The van der Waals surface area contributed by atoms with E-state index in [4.69, 9.17) is 4.74 Å². The first-order valence-corrected chi connectivity index (χ1v) is 7.93. The van der Waals surface area contributed by atoms with Crippen molar-refractivity contribution in [3.8, 4) is 0 Å². The van der Waals surface area contributed by atoms with Crippen molar-refractivity contribution in [3.05, 3.63) is 42.0 Å². The lowest BCUT2D eigenvalue weighted by Crippen LogP contribution is -2.55. The van der Waals surface area contributed by atoms with Gasteiger partial charge in [-0.2, -0.15) is 0 Å². The summed E-state index contributed by atoms with van der Waals surface area (Å²) in [6.07, 6.45) is 3.20. The molecule has 5 nitrogen and oxygen atoms in total. The predicted molar refractivity (Wildman–Crippen MR) is 89.7 cm³/mol. The number of carbonyl (C=O) groups excluding carboxylic acids is 2. The highest BCUT2D eigenvalue weighted by atomic mass is 16.5. The second kappa shape index (κ2) is 7.92. The topological polar surface area (TPSA) is 58.6 Å². The zero-order valence-corrected chi connectivity index (χ0v) is 13.9. The normalized spacial score (nSPS) is 22.8. The quantitative estimate of drug-likeness (QED) is 0.862. The van der Waals surface area contributed by atoms with Gasteiger partial charge in [-0.1, -0.05) is 30.3 Å². The van der Waals surface area contributed by atoms with Crippen LogP contribution in [0.5, 0.6) is 0 Å². The standard InChI is InChI=1S/C18H24N2O3/c1-13-12-23-14(2)11-20(13)18(22)15(3)19-17(21)10-9-16-7-5-4-6-8-16/h4-10,13-15H,11-12H2,1-3H3,(H,19,21)/b10-9-/t13-,14+,15-/m0/s1. The lowest BCUT2D eigenvalue weighted by molar-refractivity contribution is -0.146. The van der Waals surface area contributed by atoms with Crippen molar-refractivity contribution in [1.82, 2.24) is 10.2 Å². The first-order chi connectivity index (χ1) is 11.0. The average Bonchev–Trinajstić information content (AvgIpc) is 2.55. The van der Waals surface area contributed by atoms with Crippen LogP contribution in [0.1, 0.15) is 26.3 Å². The van der Waals surface area contributed by atoms with Gasteiger partial charge in [0.15, 0.2) is 0 Å². The summed E-state index contributed by atoms with van der Waals surface area (Å²) in [5.41, 5.74) is 0.942. The predicted octanol–water partition coefficient (Wildman–Crippen LogP) is 1.84. The summed E-state index contributed by atoms with van der Waals surface area (Å²) >= 11 is 0. The Morgan fingerprint density at radius 1 is 1.30 bits per heavy atom. The van der Waals surface area contributed by atoms with Crippen LogP contribution in [0.25, 0.3) is 6.08 Å². The summed E-state index contributed by atoms with van der Waals surface area (Å²) in [7, 11) is 0. The molecule has 0 saturated carbocycles. The summed E-state index contributed by atoms with van der Waals surface area (Å²) in [5, 5.41) is 2.72. The number of rotatable bonds is 4. The maximum absolute atomic E-state index is 12.5. The molecule has 23 heavy (non-hydrogen) atoms. The molecule has 0 aliphatic carbocycles. The van der Waals surface area contributed by atoms with Crippen LogP contribution in [0.2, 0.25) is 0 Å². The van der Waals surface area contributed by atoms with Crippen LogP contribution < -0.4 is 5.32 Å². The molecule has 0 radical (unpaired) electrons. The van der Waals surface area contributed by atoms with Gasteiger partial charge in [0.1, 0.15) is 6.04 Å². The minimum Gasteiger partial charge on any atom is -0.375 e. The van der Waals surface area contributed by atoms with E-state index in [9.17, 15) is 9.59 Å². The summed E-state index contributed by atoms with van der Waals surface area (Å²) < 4.78 is 5.53. The van der Waals surface area contributed by atoms with Gasteiger partial charge in [0.2, 0.25) is 11.8 Å². The van der Waals surface area contributed by atoms with Crippen LogP contribution >= 0.6 is 0 Å². The molecule has 1 heterocycles. The first-order valence-electron chi connectivity index (χ1n) is 7.93. The Hall–Kier alpha value is -2.14. The fourth-order valence-electron chi connectivity index (χ4n) is 2.52. The Morgan fingerprint density at radius 3 is 2.70 bits per heavy atom. The molecule has 2 rings (SSSR count). The molecule has 1 saturated heterocycles. The zero-order valence-electron chi connectivity index (χ0n) is 13.9. The van der Waals surface area contributed by atoms with E-state index >= 15 is 0 Å². The molecule has 0 bridgehead atoms. The van der Waals surface area contributed by atoms with Crippen molar-refractivity contribution in [3.63, 3.8) is 0 Å². The molecule has 0 spiro atoms. The third-order valence-electron chi connectivity index (χ3n) is 3.85. The van der Waals surface area contributed by atoms with Gasteiger partial charge in [-0.05, 0) is 32.4 Å². The number of carbonyl (C=O) groups is 2. The highest BCUT2D eigenvalue weighted by molar-refractivity contribution is 5.95. The Balaban J connectivity index is 1.90. The van der Waals surface area contributed by atoms with Gasteiger partial charge in [0.05, 0.1) is 18.8 Å². The van der Waals surface area contributed by atoms with E-state index in [1.165, 1.54) is 6.08 Å². The van der Waals surface area contributed by atoms with E-state index in [1.807, 2.05) is 44.2 Å². The minimum absolute atomic E-state index is 0.0241. The van der Waals surface area contributed by atoms with Gasteiger partial charge < -0.3 is 15.0 Å². The number of hydrogen-bond donors (Lipinski definition) is 1. The second-order valence-corrected chi connectivity index (χ2v) is 5.96. The SMILES string of the molecule is C[C@@H]1CN(C(=O)[C@H](C)NC(=O)/C=C\c2ccccc2)[C@@H](C)CO1. The molecule has 1 fully saturated rings. The maximum Gasteiger partial charge on any atom is 0.245 e. The van der Waals surface area contributed by atoms with Crippen LogP contribution in [0.4, 0.5) is 0 Å². The Kier molecular flexibility index (Phi) is 5.93. The second-order valence-electron chi connectivity index (χ2n) is 5.96. The highest BCUT2D eigenvalue weighted by Gasteiger charge is 2.30. The van der Waals surface area contributed by atoms with E-state index in [0.29, 0.717) is 13.2 Å². The summed E-state index contributed by atoms with van der Waals surface area (Å²) in [6.45, 7) is 6.69. The molecule has 1 aromatic carbocycles. The van der Waals surface area contributed by atoms with Gasteiger partial charge in [0, 0.05) is 12.6 Å². The summed E-state index contributed by atoms with van der Waals surface area (Å²) in [6, 6.07) is 9.02. The monoisotopic (exact) mass is 316 g/mol. The van der Waals surface area contributed by atoms with Gasteiger partial charge in [-0.3, -0.25) is 9.59 Å². The molecular weight excluding hydrogens is 292 g/mol. The first kappa shape index (κ1) is 17.2. The van der Waals surface area contributed by atoms with E-state index in [-0.39, 0.29) is 24.0 Å². The van der Waals surface area contributed by atoms with Gasteiger partial charge in [0.25, 0.3) is 0 Å². The van der Waals surface area contributed by atoms with E-state index in [2.05, 4.69) is 5.32 Å². The van der Waals surface area contributed by atoms with Crippen LogP contribution in [0.15, 0.2) is 36.4 Å². The zero-order chi connectivity index (χ0) is 16.8. The minimum atomic E-state index is -0.560. The van der Waals surface area contributed by atoms with Gasteiger partial charge >= 0.3 is 0 Å². The molecule has 0 unspecified atom stereocenters. The Morgan fingerprint density at radius 2 is 2.00 bits per heavy atom. The average molecular weight is 316 g/mol. The number of morpholine rings is 1. The van der Waals surface area contributed by atoms with E-state index in [1.54, 1.807) is 17.9 Å². The number of amides is 2. The lowest BCUT2D eigenvalue weighted by Gasteiger charge is -2.38. The number of ether oxygens (including phenoxy) is 1. The fourth-order valence-corrected chi connectivity index (χ4v) is 2.52. The smallest absolute Gasteiger partial charge is 0.245 e. The molecule has 1 aromatic rings. The molecule has 1 N–H and O–H groups in total. The largest absolute Gasteiger partial charge is 0.375 e. The van der Waals surface area contributed by atoms with Gasteiger partial charge in [-0.25, -0.2) is 0 Å². The molecule has 1 aliphatic heterocycles. The van der Waals surface area contributed by atoms with Crippen molar-refractivity contribution in [2.75, 3.05) is 13.2 Å². The lowest BCUT2D eigenvalue weighted by atomic mass is 10.1. The van der Waals surface area contributed by atoms with E-state index in [0.717, 1.165) is 5.56 Å². The van der Waals surface area contributed by atoms with Crippen LogP contribution in [0, 0.1) is 0 Å². The Bertz CT molecular complexity index is 571. The molecule has 2 amide bonds. The number of hydrogen-bond acceptors (Lipinski definition) is 3. The highest BCUT2D eigenvalue weighted by Crippen LogP contribution is 2.12. The third kappa shape index (κ3) is 4.93. The summed E-state index contributed by atoms with van der Waals surface area (Å²) in [4.78, 5) is 26.2. The molecular formula is C18H24N2O3. The van der Waals surface area contributed by atoms with Gasteiger partial charge in [-0.15, -0.1) is 0 Å². The molecule has 3 atom stereocenters.